The first-order chi connectivity index (χ1) is 12.3. The fraction of sp³-hybridized carbons (Fsp3) is 0.524. The minimum absolute atomic E-state index is 0.0115. The van der Waals surface area contributed by atoms with E-state index in [0.29, 0.717) is 6.04 Å². The third kappa shape index (κ3) is 3.46. The van der Waals surface area contributed by atoms with Gasteiger partial charge in [-0.25, -0.2) is 0 Å². The van der Waals surface area contributed by atoms with Gasteiger partial charge in [0.05, 0.1) is 23.2 Å². The highest BCUT2D eigenvalue weighted by atomic mass is 16.5. The Bertz CT molecular complexity index is 832. The first kappa shape index (κ1) is 18.8. The fourth-order valence-corrected chi connectivity index (χ4v) is 3.73. The molecule has 0 radical (unpaired) electrons. The summed E-state index contributed by atoms with van der Waals surface area (Å²) in [6.45, 7) is 12.0. The summed E-state index contributed by atoms with van der Waals surface area (Å²) in [7, 11) is 1.72. The molecular formula is C21H29N3O2. The van der Waals surface area contributed by atoms with E-state index in [1.807, 2.05) is 39.0 Å². The second-order valence-electron chi connectivity index (χ2n) is 7.62. The number of methoxy groups -OCH3 is 1. The van der Waals surface area contributed by atoms with Gasteiger partial charge in [0.25, 0.3) is 5.91 Å². The molecule has 5 nitrogen and oxygen atoms in total. The van der Waals surface area contributed by atoms with Gasteiger partial charge in [0.1, 0.15) is 0 Å². The lowest BCUT2D eigenvalue weighted by Gasteiger charge is -2.21. The normalized spacial score (nSPS) is 20.9. The third-order valence-corrected chi connectivity index (χ3v) is 5.50. The molecule has 1 N–H and O–H groups in total. The molecule has 3 rings (SSSR count). The highest BCUT2D eigenvalue weighted by Gasteiger charge is 2.35. The summed E-state index contributed by atoms with van der Waals surface area (Å²) in [5.74, 6) is -0.0405. The Labute approximate surface area is 155 Å². The van der Waals surface area contributed by atoms with Crippen molar-refractivity contribution in [1.29, 1.82) is 0 Å². The van der Waals surface area contributed by atoms with Crippen molar-refractivity contribution in [2.75, 3.05) is 20.2 Å². The topological polar surface area (TPSA) is 54.5 Å². The van der Waals surface area contributed by atoms with Crippen molar-refractivity contribution in [2.24, 2.45) is 0 Å². The molecule has 1 amide bonds. The lowest BCUT2D eigenvalue weighted by molar-refractivity contribution is 0.0753. The Morgan fingerprint density at radius 1 is 1.27 bits per heavy atom. The molecule has 1 fully saturated rings. The summed E-state index contributed by atoms with van der Waals surface area (Å²) < 4.78 is 5.63. The number of carbonyl (C=O) groups excluding carboxylic acids is 1. The molecule has 2 atom stereocenters. The maximum Gasteiger partial charge on any atom is 0.252 e. The second-order valence-corrected chi connectivity index (χ2v) is 7.62. The van der Waals surface area contributed by atoms with Crippen molar-refractivity contribution in [3.63, 3.8) is 0 Å². The van der Waals surface area contributed by atoms with Crippen molar-refractivity contribution in [3.8, 4) is 0 Å². The van der Waals surface area contributed by atoms with Crippen LogP contribution in [0.1, 0.15) is 41.0 Å². The number of rotatable bonds is 4. The summed E-state index contributed by atoms with van der Waals surface area (Å²) in [5, 5.41) is 4.14. The van der Waals surface area contributed by atoms with Gasteiger partial charge in [-0.05, 0) is 52.3 Å². The van der Waals surface area contributed by atoms with Gasteiger partial charge in [-0.3, -0.25) is 14.7 Å². The van der Waals surface area contributed by atoms with E-state index >= 15 is 0 Å². The van der Waals surface area contributed by atoms with E-state index < -0.39 is 0 Å². The Morgan fingerprint density at radius 3 is 2.65 bits per heavy atom. The quantitative estimate of drug-likeness (QED) is 0.916. The zero-order chi connectivity index (χ0) is 19.0. The van der Waals surface area contributed by atoms with Crippen molar-refractivity contribution in [1.82, 2.24) is 15.2 Å². The molecule has 1 saturated heterocycles. The minimum atomic E-state index is -0.0405. The predicted octanol–water partition coefficient (Wildman–Crippen LogP) is 3.00. The first-order valence-corrected chi connectivity index (χ1v) is 9.27. The van der Waals surface area contributed by atoms with Crippen LogP contribution in [0.2, 0.25) is 0 Å². The smallest absolute Gasteiger partial charge is 0.252 e. The molecule has 0 aliphatic carbocycles. The standard InChI is InChI=1S/C21H29N3O2/c1-12(2)24-10-18(19(11-24)26-6)23-21(25)20-14(4)15(5)22-17-8-7-13(3)9-16(17)20/h7-9,12,18-19H,10-11H2,1-6H3,(H,23,25)/t18-,19-/m0/s1. The van der Waals surface area contributed by atoms with Crippen LogP contribution < -0.4 is 5.32 Å². The molecule has 26 heavy (non-hydrogen) atoms. The molecule has 2 aromatic rings. The summed E-state index contributed by atoms with van der Waals surface area (Å²) in [4.78, 5) is 20.2. The minimum Gasteiger partial charge on any atom is -0.378 e. The second kappa shape index (κ2) is 7.33. The monoisotopic (exact) mass is 355 g/mol. The number of aromatic nitrogens is 1. The van der Waals surface area contributed by atoms with Crippen molar-refractivity contribution >= 4 is 16.8 Å². The van der Waals surface area contributed by atoms with Gasteiger partial charge in [-0.1, -0.05) is 11.6 Å². The first-order valence-electron chi connectivity index (χ1n) is 9.27. The van der Waals surface area contributed by atoms with Gasteiger partial charge in [0.15, 0.2) is 0 Å². The SMILES string of the molecule is CO[C@H]1CN(C(C)C)C[C@@H]1NC(=O)c1c(C)c(C)nc2ccc(C)cc12. The van der Waals surface area contributed by atoms with Gasteiger partial charge in [0.2, 0.25) is 0 Å². The molecule has 0 spiro atoms. The predicted molar refractivity (Wildman–Crippen MR) is 105 cm³/mol. The zero-order valence-electron chi connectivity index (χ0n) is 16.6. The fourth-order valence-electron chi connectivity index (χ4n) is 3.73. The average Bonchev–Trinajstić information content (AvgIpc) is 2.99. The molecule has 2 heterocycles. The molecule has 0 saturated carbocycles. The number of nitrogens with zero attached hydrogens (tertiary/aromatic N) is 2. The number of ether oxygens (including phenoxy) is 1. The molecular weight excluding hydrogens is 326 g/mol. The number of hydrogen-bond donors (Lipinski definition) is 1. The van der Waals surface area contributed by atoms with Crippen molar-refractivity contribution in [3.05, 3.63) is 40.6 Å². The van der Waals surface area contributed by atoms with Gasteiger partial charge in [-0.15, -0.1) is 0 Å². The van der Waals surface area contributed by atoms with Crippen LogP contribution in [0.5, 0.6) is 0 Å². The van der Waals surface area contributed by atoms with E-state index in [1.165, 1.54) is 0 Å². The van der Waals surface area contributed by atoms with Crippen LogP contribution in [0.3, 0.4) is 0 Å². The van der Waals surface area contributed by atoms with Crippen LogP contribution in [0, 0.1) is 20.8 Å². The molecule has 1 aromatic heterocycles. The van der Waals surface area contributed by atoms with Gasteiger partial charge < -0.3 is 10.1 Å². The zero-order valence-corrected chi connectivity index (χ0v) is 16.6. The highest BCUT2D eigenvalue weighted by molar-refractivity contribution is 6.07. The summed E-state index contributed by atoms with van der Waals surface area (Å²) in [6.07, 6.45) is 0.0117. The third-order valence-electron chi connectivity index (χ3n) is 5.50. The highest BCUT2D eigenvalue weighted by Crippen LogP contribution is 2.25. The maximum absolute atomic E-state index is 13.2. The lowest BCUT2D eigenvalue weighted by atomic mass is 9.99. The molecule has 140 valence electrons. The maximum atomic E-state index is 13.2. The van der Waals surface area contributed by atoms with Crippen LogP contribution in [-0.4, -0.2) is 54.2 Å². The number of aryl methyl sites for hydroxylation is 2. The number of nitrogens with one attached hydrogen (secondary N) is 1. The number of amides is 1. The summed E-state index contributed by atoms with van der Waals surface area (Å²) in [5.41, 5.74) is 4.55. The van der Waals surface area contributed by atoms with Crippen LogP contribution in [0.25, 0.3) is 10.9 Å². The Kier molecular flexibility index (Phi) is 5.30. The summed E-state index contributed by atoms with van der Waals surface area (Å²) >= 11 is 0. The van der Waals surface area contributed by atoms with E-state index in [0.717, 1.165) is 46.4 Å². The number of likely N-dealkylation sites (tertiary alicyclic amines) is 1. The van der Waals surface area contributed by atoms with E-state index in [-0.39, 0.29) is 18.1 Å². The number of pyridine rings is 1. The number of carbonyl (C=O) groups is 1. The van der Waals surface area contributed by atoms with Crippen LogP contribution in [-0.2, 0) is 4.74 Å². The largest absolute Gasteiger partial charge is 0.378 e. The number of hydrogen-bond acceptors (Lipinski definition) is 4. The van der Waals surface area contributed by atoms with Crippen LogP contribution in [0.4, 0.5) is 0 Å². The molecule has 5 heteroatoms. The van der Waals surface area contributed by atoms with Gasteiger partial charge in [0, 0.05) is 37.3 Å². The van der Waals surface area contributed by atoms with Gasteiger partial charge >= 0.3 is 0 Å². The van der Waals surface area contributed by atoms with Crippen LogP contribution in [0.15, 0.2) is 18.2 Å². The van der Waals surface area contributed by atoms with E-state index in [1.54, 1.807) is 7.11 Å². The van der Waals surface area contributed by atoms with Crippen LogP contribution >= 0.6 is 0 Å². The molecule has 0 unspecified atom stereocenters. The average molecular weight is 355 g/mol. The molecule has 1 aromatic carbocycles. The number of fused-ring (bicyclic) bond motifs is 1. The Morgan fingerprint density at radius 2 is 2.00 bits per heavy atom. The Hall–Kier alpha value is -1.98. The van der Waals surface area contributed by atoms with E-state index in [9.17, 15) is 4.79 Å². The Balaban J connectivity index is 1.95. The van der Waals surface area contributed by atoms with Crippen molar-refractivity contribution in [2.45, 2.75) is 52.8 Å². The van der Waals surface area contributed by atoms with Gasteiger partial charge in [-0.2, -0.15) is 0 Å². The van der Waals surface area contributed by atoms with E-state index in [4.69, 9.17) is 4.74 Å². The number of benzene rings is 1. The molecule has 1 aliphatic rings. The summed E-state index contributed by atoms with van der Waals surface area (Å²) in [6, 6.07) is 6.49. The van der Waals surface area contributed by atoms with E-state index in [2.05, 4.69) is 29.0 Å². The molecule has 1 aliphatic heterocycles. The molecule has 0 bridgehead atoms. The lowest BCUT2D eigenvalue weighted by Crippen LogP contribution is -2.44. The van der Waals surface area contributed by atoms with Crippen molar-refractivity contribution < 1.29 is 9.53 Å².